The average Bonchev–Trinajstić information content (AvgIpc) is 2.78. The van der Waals surface area contributed by atoms with E-state index in [1.807, 2.05) is 67.6 Å². The molecule has 5 nitrogen and oxygen atoms in total. The third-order valence-corrected chi connectivity index (χ3v) is 8.03. The molecule has 3 aromatic rings. The van der Waals surface area contributed by atoms with Gasteiger partial charge in [0.05, 0.1) is 5.69 Å². The van der Waals surface area contributed by atoms with E-state index in [1.54, 1.807) is 0 Å². The van der Waals surface area contributed by atoms with E-state index < -0.39 is 0 Å². The average molecular weight is 453 g/mol. The Hall–Kier alpha value is -3.21. The molecule has 0 aliphatic heterocycles. The highest BCUT2D eigenvalue weighted by atomic mass is 16.1. The molecule has 0 saturated heterocycles. The molecular formula is C29H32N4O. The maximum atomic E-state index is 13.1. The van der Waals surface area contributed by atoms with Gasteiger partial charge in [-0.3, -0.25) is 4.79 Å². The number of anilines is 3. The maximum absolute atomic E-state index is 13.1. The van der Waals surface area contributed by atoms with E-state index in [9.17, 15) is 4.79 Å². The summed E-state index contributed by atoms with van der Waals surface area (Å²) in [4.78, 5) is 22.2. The molecule has 0 spiro atoms. The Morgan fingerprint density at radius 1 is 0.882 bits per heavy atom. The maximum Gasteiger partial charge on any atom is 0.224 e. The predicted octanol–water partition coefficient (Wildman–Crippen LogP) is 6.74. The number of aromatic nitrogens is 2. The standard InChI is InChI=1S/C29H32N4O/c1-19-30-26(23-6-3-2-4-7-23)14-27(31-19)32-24-8-5-9-25(13-24)33-28(34)18-29-15-20-10-21(16-29)12-22(11-20)17-29/h2-9,13-14,20-22H,10-12,15-18H2,1H3,(H,33,34)(H,30,31,32). The summed E-state index contributed by atoms with van der Waals surface area (Å²) in [5.74, 6) is 4.20. The van der Waals surface area contributed by atoms with E-state index in [4.69, 9.17) is 0 Å². The summed E-state index contributed by atoms with van der Waals surface area (Å²) >= 11 is 0. The number of nitrogens with one attached hydrogen (secondary N) is 2. The second-order valence-corrected chi connectivity index (χ2v) is 10.9. The minimum absolute atomic E-state index is 0.156. The van der Waals surface area contributed by atoms with E-state index in [-0.39, 0.29) is 11.3 Å². The number of nitrogens with zero attached hydrogens (tertiary/aromatic N) is 2. The fourth-order valence-corrected chi connectivity index (χ4v) is 7.26. The van der Waals surface area contributed by atoms with Gasteiger partial charge in [0.2, 0.25) is 5.91 Å². The topological polar surface area (TPSA) is 66.9 Å². The van der Waals surface area contributed by atoms with Crippen LogP contribution in [0.25, 0.3) is 11.3 Å². The van der Waals surface area contributed by atoms with Crippen LogP contribution in [-0.4, -0.2) is 15.9 Å². The number of carbonyl (C=O) groups is 1. The second kappa shape index (κ2) is 8.53. The molecule has 0 unspecified atom stereocenters. The molecular weight excluding hydrogens is 420 g/mol. The van der Waals surface area contributed by atoms with Gasteiger partial charge in [0.15, 0.2) is 0 Å². The first-order valence-electron chi connectivity index (χ1n) is 12.6. The van der Waals surface area contributed by atoms with Crippen LogP contribution in [0.4, 0.5) is 17.2 Å². The third kappa shape index (κ3) is 4.44. The van der Waals surface area contributed by atoms with Gasteiger partial charge in [-0.1, -0.05) is 36.4 Å². The van der Waals surface area contributed by atoms with Crippen molar-refractivity contribution >= 4 is 23.1 Å². The van der Waals surface area contributed by atoms with Crippen molar-refractivity contribution in [2.75, 3.05) is 10.6 Å². The van der Waals surface area contributed by atoms with Crippen molar-refractivity contribution in [2.24, 2.45) is 23.2 Å². The first kappa shape index (κ1) is 21.3. The Morgan fingerprint density at radius 2 is 1.56 bits per heavy atom. The van der Waals surface area contributed by atoms with Gasteiger partial charge in [-0.2, -0.15) is 0 Å². The zero-order valence-electron chi connectivity index (χ0n) is 19.8. The van der Waals surface area contributed by atoms with Gasteiger partial charge >= 0.3 is 0 Å². The number of aryl methyl sites for hydroxylation is 1. The molecule has 4 fully saturated rings. The van der Waals surface area contributed by atoms with Crippen LogP contribution in [-0.2, 0) is 4.79 Å². The van der Waals surface area contributed by atoms with Crippen molar-refractivity contribution in [3.05, 3.63) is 66.5 Å². The first-order chi connectivity index (χ1) is 16.5. The Kier molecular flexibility index (Phi) is 5.35. The van der Waals surface area contributed by atoms with Crippen molar-refractivity contribution in [3.63, 3.8) is 0 Å². The highest BCUT2D eigenvalue weighted by Crippen LogP contribution is 2.61. The van der Waals surface area contributed by atoms with Gasteiger partial charge < -0.3 is 10.6 Å². The first-order valence-corrected chi connectivity index (χ1v) is 12.6. The summed E-state index contributed by atoms with van der Waals surface area (Å²) in [6.07, 6.45) is 8.65. The molecule has 7 rings (SSSR count). The molecule has 4 bridgehead atoms. The predicted molar refractivity (Wildman–Crippen MR) is 136 cm³/mol. The lowest BCUT2D eigenvalue weighted by atomic mass is 9.49. The molecule has 4 aliphatic rings. The van der Waals surface area contributed by atoms with Gasteiger partial charge in [0, 0.05) is 29.4 Å². The minimum atomic E-state index is 0.156. The smallest absolute Gasteiger partial charge is 0.224 e. The molecule has 4 aliphatic carbocycles. The Labute approximate surface area is 201 Å². The molecule has 0 atom stereocenters. The molecule has 0 radical (unpaired) electrons. The zero-order valence-corrected chi connectivity index (χ0v) is 19.8. The second-order valence-electron chi connectivity index (χ2n) is 10.9. The Morgan fingerprint density at radius 3 is 2.26 bits per heavy atom. The van der Waals surface area contributed by atoms with Gasteiger partial charge in [0.1, 0.15) is 11.6 Å². The van der Waals surface area contributed by atoms with Crippen molar-refractivity contribution in [1.29, 1.82) is 0 Å². The van der Waals surface area contributed by atoms with Crippen LogP contribution >= 0.6 is 0 Å². The van der Waals surface area contributed by atoms with Crippen molar-refractivity contribution in [3.8, 4) is 11.3 Å². The fourth-order valence-electron chi connectivity index (χ4n) is 7.26. The van der Waals surface area contributed by atoms with Crippen LogP contribution in [0.15, 0.2) is 60.7 Å². The summed E-state index contributed by atoms with van der Waals surface area (Å²) in [5, 5.41) is 6.57. The number of hydrogen-bond donors (Lipinski definition) is 2. The molecule has 1 amide bonds. The lowest BCUT2D eigenvalue weighted by Crippen LogP contribution is -2.47. The largest absolute Gasteiger partial charge is 0.340 e. The molecule has 174 valence electrons. The summed E-state index contributed by atoms with van der Waals surface area (Å²) in [6, 6.07) is 20.0. The molecule has 34 heavy (non-hydrogen) atoms. The number of amides is 1. The number of hydrogen-bond acceptors (Lipinski definition) is 4. The summed E-state index contributed by atoms with van der Waals surface area (Å²) in [7, 11) is 0. The SMILES string of the molecule is Cc1nc(Nc2cccc(NC(=O)CC34CC5CC(CC(C5)C3)C4)c2)cc(-c2ccccc2)n1. The normalized spacial score (nSPS) is 26.9. The van der Waals surface area contributed by atoms with Crippen LogP contribution in [0.3, 0.4) is 0 Å². The third-order valence-electron chi connectivity index (χ3n) is 8.03. The zero-order chi connectivity index (χ0) is 23.1. The van der Waals surface area contributed by atoms with Gasteiger partial charge in [-0.05, 0) is 86.8 Å². The van der Waals surface area contributed by atoms with Crippen LogP contribution < -0.4 is 10.6 Å². The Balaban J connectivity index is 1.14. The highest BCUT2D eigenvalue weighted by molar-refractivity contribution is 5.91. The van der Waals surface area contributed by atoms with Crippen molar-refractivity contribution < 1.29 is 4.79 Å². The van der Waals surface area contributed by atoms with E-state index in [2.05, 4.69) is 20.6 Å². The van der Waals surface area contributed by atoms with Crippen LogP contribution in [0.1, 0.15) is 50.8 Å². The molecule has 1 heterocycles. The van der Waals surface area contributed by atoms with Gasteiger partial charge in [-0.15, -0.1) is 0 Å². The number of carbonyl (C=O) groups excluding carboxylic acids is 1. The van der Waals surface area contributed by atoms with E-state index in [0.717, 1.165) is 46.2 Å². The lowest BCUT2D eigenvalue weighted by Gasteiger charge is -2.56. The van der Waals surface area contributed by atoms with Crippen molar-refractivity contribution in [1.82, 2.24) is 9.97 Å². The van der Waals surface area contributed by atoms with Gasteiger partial charge in [0.25, 0.3) is 0 Å². The number of rotatable bonds is 6. The molecule has 5 heteroatoms. The quantitative estimate of drug-likeness (QED) is 0.435. The molecule has 2 N–H and O–H groups in total. The highest BCUT2D eigenvalue weighted by Gasteiger charge is 2.51. The van der Waals surface area contributed by atoms with Crippen LogP contribution in [0.2, 0.25) is 0 Å². The van der Waals surface area contributed by atoms with E-state index in [0.29, 0.717) is 12.2 Å². The number of benzene rings is 2. The lowest BCUT2D eigenvalue weighted by molar-refractivity contribution is -0.124. The molecule has 4 saturated carbocycles. The summed E-state index contributed by atoms with van der Waals surface area (Å²) < 4.78 is 0. The molecule has 2 aromatic carbocycles. The van der Waals surface area contributed by atoms with Crippen LogP contribution in [0.5, 0.6) is 0 Å². The fraction of sp³-hybridized carbons (Fsp3) is 0.414. The van der Waals surface area contributed by atoms with E-state index in [1.165, 1.54) is 38.5 Å². The monoisotopic (exact) mass is 452 g/mol. The molecule has 1 aromatic heterocycles. The van der Waals surface area contributed by atoms with Crippen molar-refractivity contribution in [2.45, 2.75) is 51.9 Å². The van der Waals surface area contributed by atoms with Gasteiger partial charge in [-0.25, -0.2) is 9.97 Å². The van der Waals surface area contributed by atoms with Crippen LogP contribution in [0, 0.1) is 30.1 Å². The summed E-state index contributed by atoms with van der Waals surface area (Å²) in [5.41, 5.74) is 3.91. The Bertz CT molecular complexity index is 1170. The van der Waals surface area contributed by atoms with E-state index >= 15 is 0 Å². The summed E-state index contributed by atoms with van der Waals surface area (Å²) in [6.45, 7) is 1.90. The minimum Gasteiger partial charge on any atom is -0.340 e.